The summed E-state index contributed by atoms with van der Waals surface area (Å²) in [4.78, 5) is 12.6. The number of Topliss-reactive ketones (excluding diaryl/α,β-unsaturated/α-hetero) is 1. The van der Waals surface area contributed by atoms with Gasteiger partial charge in [0, 0.05) is 30.1 Å². The largest absolute Gasteiger partial charge is 0.497 e. The predicted octanol–water partition coefficient (Wildman–Crippen LogP) is 3.67. The number of aromatic amines is 1. The van der Waals surface area contributed by atoms with Gasteiger partial charge in [0.15, 0.2) is 11.6 Å². The van der Waals surface area contributed by atoms with Crippen molar-refractivity contribution in [2.75, 3.05) is 12.4 Å². The van der Waals surface area contributed by atoms with Crippen molar-refractivity contribution in [3.8, 4) is 5.75 Å². The zero-order valence-corrected chi connectivity index (χ0v) is 13.2. The minimum atomic E-state index is 0.0642. The number of methoxy groups -OCH3 is 1. The zero-order chi connectivity index (χ0) is 16.5. The van der Waals surface area contributed by atoms with Gasteiger partial charge in [0.05, 0.1) is 18.9 Å². The first-order valence-electron chi connectivity index (χ1n) is 7.79. The third kappa shape index (κ3) is 2.56. The summed E-state index contributed by atoms with van der Waals surface area (Å²) in [7, 11) is 1.63. The molecule has 3 aromatic rings. The molecule has 0 spiro atoms. The van der Waals surface area contributed by atoms with Crippen molar-refractivity contribution < 1.29 is 13.9 Å². The number of nitrogens with zero attached hydrogens (tertiary/aromatic N) is 1. The molecule has 4 rings (SSSR count). The fourth-order valence-corrected chi connectivity index (χ4v) is 3.10. The molecule has 0 saturated carbocycles. The van der Waals surface area contributed by atoms with Crippen LogP contribution < -0.4 is 10.1 Å². The van der Waals surface area contributed by atoms with E-state index in [0.717, 1.165) is 22.9 Å². The van der Waals surface area contributed by atoms with E-state index in [4.69, 9.17) is 9.15 Å². The van der Waals surface area contributed by atoms with E-state index < -0.39 is 0 Å². The molecule has 0 radical (unpaired) electrons. The summed E-state index contributed by atoms with van der Waals surface area (Å²) in [6.45, 7) is 0. The van der Waals surface area contributed by atoms with Crippen molar-refractivity contribution in [1.29, 1.82) is 0 Å². The summed E-state index contributed by atoms with van der Waals surface area (Å²) < 4.78 is 10.6. The number of hydrogen-bond donors (Lipinski definition) is 2. The lowest BCUT2D eigenvalue weighted by Gasteiger charge is -2.19. The first-order chi connectivity index (χ1) is 11.7. The van der Waals surface area contributed by atoms with Gasteiger partial charge in [-0.1, -0.05) is 0 Å². The van der Waals surface area contributed by atoms with Crippen LogP contribution in [0.5, 0.6) is 5.75 Å². The molecule has 6 heteroatoms. The highest BCUT2D eigenvalue weighted by molar-refractivity contribution is 6.03. The molecule has 1 aromatic carbocycles. The summed E-state index contributed by atoms with van der Waals surface area (Å²) >= 11 is 0. The van der Waals surface area contributed by atoms with Crippen molar-refractivity contribution in [3.05, 3.63) is 59.7 Å². The van der Waals surface area contributed by atoms with E-state index in [1.165, 1.54) is 0 Å². The van der Waals surface area contributed by atoms with Gasteiger partial charge in [-0.05, 0) is 36.4 Å². The lowest BCUT2D eigenvalue weighted by atomic mass is 9.85. The Morgan fingerprint density at radius 2 is 2.08 bits per heavy atom. The van der Waals surface area contributed by atoms with Gasteiger partial charge in [-0.2, -0.15) is 5.10 Å². The number of H-pyrrole nitrogens is 1. The average Bonchev–Trinajstić information content (AvgIpc) is 3.26. The van der Waals surface area contributed by atoms with E-state index in [2.05, 4.69) is 15.5 Å². The van der Waals surface area contributed by atoms with E-state index in [9.17, 15) is 4.79 Å². The molecule has 6 nitrogen and oxygen atoms in total. The SMILES string of the molecule is COc1ccc(Nc2n[nH]c3c2C(=O)CC(c2ccco2)C3)cc1. The molecule has 0 saturated heterocycles. The average molecular weight is 323 g/mol. The van der Waals surface area contributed by atoms with Crippen molar-refractivity contribution in [1.82, 2.24) is 10.2 Å². The Bertz CT molecular complexity index is 850. The van der Waals surface area contributed by atoms with Crippen LogP contribution in [0.2, 0.25) is 0 Å². The van der Waals surface area contributed by atoms with Crippen LogP contribution in [-0.2, 0) is 6.42 Å². The number of hydrogen-bond acceptors (Lipinski definition) is 5. The normalized spacial score (nSPS) is 16.7. The quantitative estimate of drug-likeness (QED) is 0.766. The van der Waals surface area contributed by atoms with Crippen LogP contribution in [0, 0.1) is 0 Å². The van der Waals surface area contributed by atoms with Crippen molar-refractivity contribution >= 4 is 17.3 Å². The highest BCUT2D eigenvalue weighted by atomic mass is 16.5. The molecule has 2 aromatic heterocycles. The molecule has 2 heterocycles. The second kappa shape index (κ2) is 5.88. The maximum Gasteiger partial charge on any atom is 0.169 e. The standard InChI is InChI=1S/C18H17N3O3/c1-23-13-6-4-12(5-7-13)19-18-17-14(20-21-18)9-11(10-15(17)22)16-3-2-8-24-16/h2-8,11H,9-10H2,1H3,(H2,19,20,21). The van der Waals surface area contributed by atoms with E-state index >= 15 is 0 Å². The highest BCUT2D eigenvalue weighted by Gasteiger charge is 2.32. The Balaban J connectivity index is 1.58. The minimum Gasteiger partial charge on any atom is -0.497 e. The van der Waals surface area contributed by atoms with Crippen LogP contribution >= 0.6 is 0 Å². The molecule has 1 aliphatic carbocycles. The molecule has 2 N–H and O–H groups in total. The molecule has 122 valence electrons. The lowest BCUT2D eigenvalue weighted by Crippen LogP contribution is -2.18. The van der Waals surface area contributed by atoms with Gasteiger partial charge in [0.25, 0.3) is 0 Å². The fourth-order valence-electron chi connectivity index (χ4n) is 3.10. The number of benzene rings is 1. The smallest absolute Gasteiger partial charge is 0.169 e. The van der Waals surface area contributed by atoms with Gasteiger partial charge >= 0.3 is 0 Å². The summed E-state index contributed by atoms with van der Waals surface area (Å²) in [5.74, 6) is 2.32. The molecule has 0 bridgehead atoms. The summed E-state index contributed by atoms with van der Waals surface area (Å²) in [5, 5.41) is 10.5. The number of ketones is 1. The molecule has 1 atom stereocenters. The van der Waals surface area contributed by atoms with Crippen LogP contribution in [0.15, 0.2) is 47.1 Å². The molecule has 0 aliphatic heterocycles. The lowest BCUT2D eigenvalue weighted by molar-refractivity contribution is 0.0961. The zero-order valence-electron chi connectivity index (χ0n) is 13.2. The van der Waals surface area contributed by atoms with Crippen LogP contribution in [0.25, 0.3) is 0 Å². The maximum absolute atomic E-state index is 12.6. The number of aromatic nitrogens is 2. The van der Waals surface area contributed by atoms with Crippen LogP contribution in [0.3, 0.4) is 0 Å². The first kappa shape index (κ1) is 14.6. The highest BCUT2D eigenvalue weighted by Crippen LogP contribution is 2.35. The van der Waals surface area contributed by atoms with Crippen molar-refractivity contribution in [2.24, 2.45) is 0 Å². The minimum absolute atomic E-state index is 0.0642. The Labute approximate surface area is 138 Å². The topological polar surface area (TPSA) is 80.1 Å². The number of carbonyl (C=O) groups is 1. The fraction of sp³-hybridized carbons (Fsp3) is 0.222. The number of ether oxygens (including phenoxy) is 1. The number of furan rings is 1. The van der Waals surface area contributed by atoms with Gasteiger partial charge in [0.2, 0.25) is 0 Å². The Hall–Kier alpha value is -3.02. The summed E-state index contributed by atoms with van der Waals surface area (Å²) in [6.07, 6.45) is 2.78. The molecule has 24 heavy (non-hydrogen) atoms. The van der Waals surface area contributed by atoms with E-state index in [1.54, 1.807) is 13.4 Å². The van der Waals surface area contributed by atoms with Gasteiger partial charge in [0.1, 0.15) is 11.5 Å². The number of fused-ring (bicyclic) bond motifs is 1. The number of rotatable bonds is 4. The van der Waals surface area contributed by atoms with E-state index in [1.807, 2.05) is 36.4 Å². The predicted molar refractivity (Wildman–Crippen MR) is 89.0 cm³/mol. The molecular weight excluding hydrogens is 306 g/mol. The van der Waals surface area contributed by atoms with E-state index in [0.29, 0.717) is 24.2 Å². The van der Waals surface area contributed by atoms with Crippen molar-refractivity contribution in [2.45, 2.75) is 18.8 Å². The Morgan fingerprint density at radius 3 is 2.79 bits per heavy atom. The van der Waals surface area contributed by atoms with E-state index in [-0.39, 0.29) is 11.7 Å². The molecule has 1 unspecified atom stereocenters. The monoisotopic (exact) mass is 323 g/mol. The van der Waals surface area contributed by atoms with Gasteiger partial charge in [-0.25, -0.2) is 0 Å². The summed E-state index contributed by atoms with van der Waals surface area (Å²) in [6, 6.07) is 11.2. The molecule has 0 amide bonds. The van der Waals surface area contributed by atoms with Gasteiger partial charge < -0.3 is 14.5 Å². The third-order valence-electron chi connectivity index (χ3n) is 4.30. The number of carbonyl (C=O) groups excluding carboxylic acids is 1. The molecule has 1 aliphatic rings. The van der Waals surface area contributed by atoms with Crippen LogP contribution in [0.4, 0.5) is 11.5 Å². The second-order valence-electron chi connectivity index (χ2n) is 5.82. The van der Waals surface area contributed by atoms with Crippen molar-refractivity contribution in [3.63, 3.8) is 0 Å². The Morgan fingerprint density at radius 1 is 1.25 bits per heavy atom. The second-order valence-corrected chi connectivity index (χ2v) is 5.82. The maximum atomic E-state index is 12.6. The van der Waals surface area contributed by atoms with Crippen LogP contribution in [-0.4, -0.2) is 23.1 Å². The first-order valence-corrected chi connectivity index (χ1v) is 7.79. The number of nitrogens with one attached hydrogen (secondary N) is 2. The molecular formula is C18H17N3O3. The van der Waals surface area contributed by atoms with Crippen LogP contribution in [0.1, 0.15) is 34.2 Å². The molecule has 0 fully saturated rings. The summed E-state index contributed by atoms with van der Waals surface area (Å²) in [5.41, 5.74) is 2.35. The number of anilines is 2. The third-order valence-corrected chi connectivity index (χ3v) is 4.30. The Kier molecular flexibility index (Phi) is 3.57. The van der Waals surface area contributed by atoms with Gasteiger partial charge in [-0.3, -0.25) is 9.89 Å². The van der Waals surface area contributed by atoms with Gasteiger partial charge in [-0.15, -0.1) is 0 Å².